The van der Waals surface area contributed by atoms with Gasteiger partial charge in [0.1, 0.15) is 32.3 Å². The Bertz CT molecular complexity index is 2750. The van der Waals surface area contributed by atoms with Gasteiger partial charge in [0.05, 0.1) is 56.7 Å². The van der Waals surface area contributed by atoms with E-state index in [4.69, 9.17) is 31.4 Å². The van der Waals surface area contributed by atoms with Crippen molar-refractivity contribution in [2.45, 2.75) is 84.3 Å². The quantitative estimate of drug-likeness (QED) is 0.0378. The molecule has 7 N–H and O–H groups in total. The van der Waals surface area contributed by atoms with Crippen LogP contribution in [0.25, 0.3) is 31.5 Å². The summed E-state index contributed by atoms with van der Waals surface area (Å²) in [4.78, 5) is 44.6. The number of amides is 1. The van der Waals surface area contributed by atoms with E-state index in [2.05, 4.69) is 32.5 Å². The first kappa shape index (κ1) is 49.7. The number of nitrogens with two attached hydrogens (primary N) is 3. The van der Waals surface area contributed by atoms with Crippen LogP contribution in [0.1, 0.15) is 88.4 Å². The van der Waals surface area contributed by atoms with Gasteiger partial charge in [-0.15, -0.1) is 22.7 Å². The Morgan fingerprint density at radius 2 is 1.67 bits per heavy atom. The fourth-order valence-electron chi connectivity index (χ4n) is 7.98. The highest BCUT2D eigenvalue weighted by Gasteiger charge is 2.19. The fraction of sp³-hybridized carbons (Fsp3) is 0.429. The number of likely N-dealkylation sites (N-methyl/N-ethyl adjacent to an activating group) is 1. The molecular formula is C49H63N9O6S2. The predicted molar refractivity (Wildman–Crippen MR) is 267 cm³/mol. The average molecular weight is 938 g/mol. The predicted octanol–water partition coefficient (Wildman–Crippen LogP) is 7.74. The second-order valence-corrected chi connectivity index (χ2v) is 18.5. The van der Waals surface area contributed by atoms with E-state index in [1.54, 1.807) is 13.3 Å². The number of anilines is 2. The molecule has 5 aromatic heterocycles. The lowest BCUT2D eigenvalue weighted by Crippen LogP contribution is -2.24. The molecule has 7 aromatic rings. The van der Waals surface area contributed by atoms with Crippen LogP contribution in [-0.2, 0) is 47.3 Å². The number of fused-ring (bicyclic) bond motifs is 5. The van der Waals surface area contributed by atoms with Crippen molar-refractivity contribution in [3.8, 4) is 5.75 Å². The van der Waals surface area contributed by atoms with Crippen molar-refractivity contribution in [2.24, 2.45) is 18.7 Å². The SMILES string of the molecule is CNCCOCCOCc1nc2c(s1)c1cnn(Cc3cccc(OC)c3)c(=O)c1n2C.Cc1ccc2c(N)c(C(N)=O)sc2n1.Nc1ccc2c(c1)CCCC2.O=CC1CCCCCC1. The van der Waals surface area contributed by atoms with Gasteiger partial charge in [0, 0.05) is 41.7 Å². The normalized spacial score (nSPS) is 13.7. The van der Waals surface area contributed by atoms with Crippen molar-refractivity contribution < 1.29 is 23.8 Å². The Morgan fingerprint density at radius 3 is 2.39 bits per heavy atom. The molecule has 0 atom stereocenters. The van der Waals surface area contributed by atoms with E-state index >= 15 is 0 Å². The van der Waals surface area contributed by atoms with Crippen molar-refractivity contribution >= 4 is 77.7 Å². The third-order valence-electron chi connectivity index (χ3n) is 11.6. The number of methoxy groups -OCH3 is 1. The minimum Gasteiger partial charge on any atom is -0.497 e. The van der Waals surface area contributed by atoms with Crippen molar-refractivity contribution in [3.63, 3.8) is 0 Å². The maximum Gasteiger partial charge on any atom is 0.291 e. The molecular weight excluding hydrogens is 875 g/mol. The molecule has 15 nitrogen and oxygen atoms in total. The molecule has 2 aliphatic carbocycles. The summed E-state index contributed by atoms with van der Waals surface area (Å²) in [6.07, 6.45) is 15.5. The molecule has 0 saturated heterocycles. The summed E-state index contributed by atoms with van der Waals surface area (Å²) >= 11 is 2.77. The van der Waals surface area contributed by atoms with Gasteiger partial charge in [-0.25, -0.2) is 14.6 Å². The number of aryl methyl sites for hydroxylation is 4. The maximum atomic E-state index is 13.2. The van der Waals surface area contributed by atoms with Gasteiger partial charge in [0.25, 0.3) is 11.5 Å². The third kappa shape index (κ3) is 13.2. The first-order valence-corrected chi connectivity index (χ1v) is 24.2. The zero-order valence-electron chi connectivity index (χ0n) is 38.5. The molecule has 0 spiro atoms. The van der Waals surface area contributed by atoms with Crippen LogP contribution in [0.2, 0.25) is 0 Å². The van der Waals surface area contributed by atoms with E-state index < -0.39 is 5.91 Å². The number of thiophene rings is 1. The fourth-order valence-corrected chi connectivity index (χ4v) is 10.0. The smallest absolute Gasteiger partial charge is 0.291 e. The van der Waals surface area contributed by atoms with E-state index in [0.29, 0.717) is 55.0 Å². The van der Waals surface area contributed by atoms with Crippen molar-refractivity contribution in [2.75, 3.05) is 52.0 Å². The van der Waals surface area contributed by atoms with Gasteiger partial charge in [-0.3, -0.25) is 9.59 Å². The average Bonchev–Trinajstić information content (AvgIpc) is 3.88. The highest BCUT2D eigenvalue weighted by atomic mass is 32.1. The molecule has 66 heavy (non-hydrogen) atoms. The molecule has 2 aromatic carbocycles. The summed E-state index contributed by atoms with van der Waals surface area (Å²) in [5.74, 6) is 0.648. The van der Waals surface area contributed by atoms with Crippen LogP contribution < -0.4 is 32.8 Å². The van der Waals surface area contributed by atoms with Crippen LogP contribution >= 0.6 is 22.7 Å². The summed E-state index contributed by atoms with van der Waals surface area (Å²) < 4.78 is 20.7. The van der Waals surface area contributed by atoms with Crippen LogP contribution in [0.4, 0.5) is 11.4 Å². The first-order chi connectivity index (χ1) is 32.0. The Labute approximate surface area is 393 Å². The zero-order chi connectivity index (χ0) is 47.0. The second-order valence-electron chi connectivity index (χ2n) is 16.4. The van der Waals surface area contributed by atoms with Gasteiger partial charge in [0.15, 0.2) is 5.65 Å². The summed E-state index contributed by atoms with van der Waals surface area (Å²) in [6.45, 7) is 5.21. The molecule has 0 radical (unpaired) electrons. The first-order valence-electron chi connectivity index (χ1n) is 22.6. The van der Waals surface area contributed by atoms with Crippen molar-refractivity contribution in [1.82, 2.24) is 29.6 Å². The van der Waals surface area contributed by atoms with E-state index in [0.717, 1.165) is 79.3 Å². The second kappa shape index (κ2) is 24.7. The van der Waals surface area contributed by atoms with Crippen LogP contribution in [0.3, 0.4) is 0 Å². The zero-order valence-corrected chi connectivity index (χ0v) is 40.1. The van der Waals surface area contributed by atoms with Crippen LogP contribution in [-0.4, -0.2) is 77.0 Å². The van der Waals surface area contributed by atoms with Gasteiger partial charge in [-0.05, 0) is 106 Å². The van der Waals surface area contributed by atoms with Crippen LogP contribution in [0.5, 0.6) is 5.75 Å². The van der Waals surface area contributed by atoms with Gasteiger partial charge in [-0.2, -0.15) is 5.10 Å². The monoisotopic (exact) mass is 937 g/mol. The molecule has 0 bridgehead atoms. The number of ether oxygens (including phenoxy) is 3. The summed E-state index contributed by atoms with van der Waals surface area (Å²) in [5, 5.41) is 9.92. The molecule has 1 amide bonds. The highest BCUT2D eigenvalue weighted by molar-refractivity contribution is 7.21. The van der Waals surface area contributed by atoms with Crippen molar-refractivity contribution in [3.05, 3.63) is 103 Å². The number of hydrogen-bond acceptors (Lipinski definition) is 14. The van der Waals surface area contributed by atoms with E-state index in [-0.39, 0.29) is 5.56 Å². The number of thiazole rings is 1. The summed E-state index contributed by atoms with van der Waals surface area (Å²) in [7, 11) is 5.38. The van der Waals surface area contributed by atoms with Crippen molar-refractivity contribution in [1.29, 1.82) is 0 Å². The number of aldehydes is 1. The lowest BCUT2D eigenvalue weighted by molar-refractivity contribution is -0.111. The Balaban J connectivity index is 0.000000172. The molecule has 2 aliphatic rings. The Kier molecular flexibility index (Phi) is 18.6. The van der Waals surface area contributed by atoms with Crippen LogP contribution in [0.15, 0.2) is 65.6 Å². The molecule has 0 aliphatic heterocycles. The maximum absolute atomic E-state index is 13.2. The molecule has 352 valence electrons. The standard InChI is InChI=1S/C22H27N5O4S.C10H13N.C9H9N3OS.C8H14O/c1-23-7-8-30-9-10-31-14-18-25-21-20(32-18)17-12-24-27(22(28)19(17)26(21)2)13-15-5-4-6-16(11-15)29-3;11-10-6-5-8-3-1-2-4-9(8)7-10;1-4-2-3-5-6(10)7(8(11)13)14-9(5)12-4;9-7-8-5-3-1-2-4-6-8/h4-6,11-12,23H,7-10,13-14H2,1-3H3;5-7H,1-4,11H2;2-3H,10H2,1H3,(H2,11,13);7-8H,1-6H2. The van der Waals surface area contributed by atoms with Gasteiger partial charge < -0.3 is 46.1 Å². The third-order valence-corrected chi connectivity index (χ3v) is 13.7. The van der Waals surface area contributed by atoms with E-state index in [1.165, 1.54) is 89.8 Å². The van der Waals surface area contributed by atoms with E-state index in [1.807, 2.05) is 68.1 Å². The Hall–Kier alpha value is -5.72. The van der Waals surface area contributed by atoms with Crippen LogP contribution in [0, 0.1) is 12.8 Å². The summed E-state index contributed by atoms with van der Waals surface area (Å²) in [5.41, 5.74) is 24.0. The number of pyridine rings is 1. The van der Waals surface area contributed by atoms with Gasteiger partial charge in [-0.1, -0.05) is 43.9 Å². The number of carbonyl (C=O) groups is 2. The minimum absolute atomic E-state index is 0.144. The topological polar surface area (TPSA) is 218 Å². The molecule has 9 rings (SSSR count). The number of primary amides is 1. The number of hydrogen-bond donors (Lipinski definition) is 4. The molecule has 5 heterocycles. The van der Waals surface area contributed by atoms with Gasteiger partial charge in [0.2, 0.25) is 0 Å². The number of carbonyl (C=O) groups excluding carboxylic acids is 2. The van der Waals surface area contributed by atoms with Gasteiger partial charge >= 0.3 is 0 Å². The number of benzene rings is 2. The highest BCUT2D eigenvalue weighted by Crippen LogP contribution is 2.33. The number of aromatic nitrogens is 5. The largest absolute Gasteiger partial charge is 0.497 e. The Morgan fingerprint density at radius 1 is 0.909 bits per heavy atom. The molecule has 1 saturated carbocycles. The molecule has 1 fully saturated rings. The number of rotatable bonds is 13. The minimum atomic E-state index is -0.497. The summed E-state index contributed by atoms with van der Waals surface area (Å²) in [6, 6.07) is 17.6. The number of nitrogen functional groups attached to an aromatic ring is 2. The molecule has 0 unspecified atom stereocenters. The number of nitrogens with zero attached hydrogens (tertiary/aromatic N) is 5. The number of nitrogens with one attached hydrogen (secondary N) is 1. The molecule has 17 heteroatoms. The lowest BCUT2D eigenvalue weighted by Gasteiger charge is -2.15. The van der Waals surface area contributed by atoms with E-state index in [9.17, 15) is 14.4 Å². The lowest BCUT2D eigenvalue weighted by atomic mass is 9.91.